The highest BCUT2D eigenvalue weighted by molar-refractivity contribution is 5.98. The van der Waals surface area contributed by atoms with Gasteiger partial charge in [0, 0.05) is 26.6 Å². The third kappa shape index (κ3) is 17.5. The number of hydrogen-bond acceptors (Lipinski definition) is 10. The van der Waals surface area contributed by atoms with Crippen LogP contribution in [0.3, 0.4) is 0 Å². The van der Waals surface area contributed by atoms with Crippen molar-refractivity contribution in [2.45, 2.75) is 169 Å². The Balaban J connectivity index is 3.34. The summed E-state index contributed by atoms with van der Waals surface area (Å²) in [6, 6.07) is -7.75. The average molecular weight is 866 g/mol. The highest BCUT2D eigenvalue weighted by Crippen LogP contribution is 2.21. The molecule has 0 aliphatic carbocycles. The summed E-state index contributed by atoms with van der Waals surface area (Å²) in [5, 5.41) is 29.5. The van der Waals surface area contributed by atoms with Crippen LogP contribution in [0.25, 0.3) is 0 Å². The highest BCUT2D eigenvalue weighted by Gasteiger charge is 2.40. The van der Waals surface area contributed by atoms with E-state index in [9.17, 15) is 43.5 Å². The van der Waals surface area contributed by atoms with Crippen LogP contribution in [-0.2, 0) is 38.4 Å². The van der Waals surface area contributed by atoms with Crippen molar-refractivity contribution < 1.29 is 43.5 Å². The number of aliphatic hydroxyl groups excluding tert-OH is 1. The lowest BCUT2D eigenvalue weighted by molar-refractivity contribution is -0.142. The summed E-state index contributed by atoms with van der Waals surface area (Å²) < 4.78 is 0. The van der Waals surface area contributed by atoms with Gasteiger partial charge in [0.1, 0.15) is 42.3 Å². The second kappa shape index (κ2) is 27.0. The third-order valence-electron chi connectivity index (χ3n) is 10.9. The summed E-state index contributed by atoms with van der Waals surface area (Å²) in [6.07, 6.45) is 1.55. The number of nitrogens with two attached hydrogens (primary N) is 2. The van der Waals surface area contributed by atoms with Gasteiger partial charge in [0.15, 0.2) is 5.96 Å². The number of aliphatic hydroxyl groups is 1. The zero-order chi connectivity index (χ0) is 46.6. The van der Waals surface area contributed by atoms with Crippen LogP contribution in [0, 0.1) is 17.8 Å². The molecule has 1 aliphatic heterocycles. The molecular formula is C41H75N11O9. The smallest absolute Gasteiger partial charge is 0.245 e. The van der Waals surface area contributed by atoms with E-state index in [2.05, 4.69) is 42.2 Å². The van der Waals surface area contributed by atoms with E-state index in [1.807, 2.05) is 13.8 Å². The van der Waals surface area contributed by atoms with Crippen molar-refractivity contribution in [2.24, 2.45) is 34.2 Å². The lowest BCUT2D eigenvalue weighted by Gasteiger charge is -2.32. The van der Waals surface area contributed by atoms with Gasteiger partial charge < -0.3 is 58.7 Å². The van der Waals surface area contributed by atoms with Gasteiger partial charge >= 0.3 is 0 Å². The summed E-state index contributed by atoms with van der Waals surface area (Å²) in [5.74, 6) is -6.04. The number of likely N-dealkylation sites (tertiary alicyclic amines) is 1. The zero-order valence-electron chi connectivity index (χ0n) is 37.9. The number of amides is 8. The number of nitrogens with zero attached hydrogens (tertiary/aromatic N) is 2. The third-order valence-corrected chi connectivity index (χ3v) is 10.9. The van der Waals surface area contributed by atoms with Gasteiger partial charge in [-0.15, -0.1) is 0 Å². The van der Waals surface area contributed by atoms with E-state index in [0.29, 0.717) is 51.6 Å². The molecule has 348 valence electrons. The number of carbonyl (C=O) groups is 8. The lowest BCUT2D eigenvalue weighted by Crippen LogP contribution is -2.63. The molecule has 0 radical (unpaired) electrons. The molecule has 0 saturated carbocycles. The molecule has 12 N–H and O–H groups in total. The van der Waals surface area contributed by atoms with E-state index in [0.717, 1.165) is 0 Å². The first-order valence-electron chi connectivity index (χ1n) is 21.8. The van der Waals surface area contributed by atoms with Crippen molar-refractivity contribution in [2.75, 3.05) is 19.6 Å². The molecule has 1 heterocycles. The first-order valence-corrected chi connectivity index (χ1v) is 21.8. The largest absolute Gasteiger partial charge is 0.391 e. The van der Waals surface area contributed by atoms with Gasteiger partial charge in [-0.3, -0.25) is 43.3 Å². The maximum atomic E-state index is 14.1. The fraction of sp³-hybridized carbons (Fsp3) is 0.780. The summed E-state index contributed by atoms with van der Waals surface area (Å²) in [7, 11) is 0. The van der Waals surface area contributed by atoms with Crippen molar-refractivity contribution in [3.63, 3.8) is 0 Å². The molecule has 0 aromatic carbocycles. The second-order valence-corrected chi connectivity index (χ2v) is 16.3. The van der Waals surface area contributed by atoms with Crippen LogP contribution < -0.4 is 48.7 Å². The van der Waals surface area contributed by atoms with E-state index in [-0.39, 0.29) is 37.2 Å². The van der Waals surface area contributed by atoms with Gasteiger partial charge in [-0.05, 0) is 63.7 Å². The summed E-state index contributed by atoms with van der Waals surface area (Å²) in [4.78, 5) is 113. The minimum Gasteiger partial charge on any atom is -0.391 e. The Morgan fingerprint density at radius 1 is 0.689 bits per heavy atom. The standard InChI is InChI=1S/C41H75N11O9/c1-11-17-27(47-39(60)33(25(9)53)51-38(59)32(24(8)13-3)50-36(57)30(22(5)6)46-26(10)54)34(55)49-31(23(7)12-2)37(58)48-28(18-15-20-45-41(42)43)40(61)52-21-16-19-29(52)35(56)44-14-4/h22-25,27-33,53H,11-21H2,1-10H3,(H,44,56)(H,46,54)(H,47,60)(H,48,58)(H,49,55)(H,50,57)(H,51,59)(H4,42,43,45)/t23-,24-,25+,27-,28-,29-,30+,31-,32+,33-/m0/s1. The molecule has 8 amide bonds. The molecule has 61 heavy (non-hydrogen) atoms. The number of carbonyl (C=O) groups excluding carboxylic acids is 8. The molecule has 1 fully saturated rings. The Bertz CT molecular complexity index is 1520. The molecule has 10 atom stereocenters. The molecule has 20 heteroatoms. The normalized spacial score (nSPS) is 18.1. The predicted octanol–water partition coefficient (Wildman–Crippen LogP) is -0.975. The van der Waals surface area contributed by atoms with Crippen molar-refractivity contribution in [3.8, 4) is 0 Å². The quantitative estimate of drug-likeness (QED) is 0.0287. The van der Waals surface area contributed by atoms with E-state index >= 15 is 0 Å². The SMILES string of the molecule is CCC[C@H](NC(=O)[C@@H](NC(=O)[C@H](NC(=O)[C@H](NC(C)=O)C(C)C)[C@@H](C)CC)[C@@H](C)O)C(=O)N[C@H](C(=O)N[C@@H](CCCN=C(N)N)C(=O)N1CCC[C@H]1C(=O)NCC)[C@@H](C)CC. The molecule has 20 nitrogen and oxygen atoms in total. The molecule has 1 aliphatic rings. The summed E-state index contributed by atoms with van der Waals surface area (Å²) >= 11 is 0. The van der Waals surface area contributed by atoms with Crippen LogP contribution in [0.5, 0.6) is 0 Å². The molecule has 0 spiro atoms. The first-order chi connectivity index (χ1) is 28.6. The maximum Gasteiger partial charge on any atom is 0.245 e. The number of guanidine groups is 1. The molecule has 1 rings (SSSR count). The molecule has 0 aromatic heterocycles. The van der Waals surface area contributed by atoms with Gasteiger partial charge in [0.25, 0.3) is 0 Å². The van der Waals surface area contributed by atoms with Gasteiger partial charge in [-0.2, -0.15) is 0 Å². The average Bonchev–Trinajstić information content (AvgIpc) is 3.70. The first kappa shape index (κ1) is 54.0. The van der Waals surface area contributed by atoms with Crippen LogP contribution in [0.1, 0.15) is 121 Å². The number of nitrogens with one attached hydrogen (secondary N) is 7. The van der Waals surface area contributed by atoms with E-state index in [1.54, 1.807) is 41.5 Å². The monoisotopic (exact) mass is 866 g/mol. The highest BCUT2D eigenvalue weighted by atomic mass is 16.3. The zero-order valence-corrected chi connectivity index (χ0v) is 37.9. The predicted molar refractivity (Wildman–Crippen MR) is 231 cm³/mol. The van der Waals surface area contributed by atoms with Crippen molar-refractivity contribution in [3.05, 3.63) is 0 Å². The Hall–Kier alpha value is -5.01. The second-order valence-electron chi connectivity index (χ2n) is 16.3. The van der Waals surface area contributed by atoms with Gasteiger partial charge in [-0.1, -0.05) is 67.7 Å². The van der Waals surface area contributed by atoms with E-state index < -0.39 is 102 Å². The van der Waals surface area contributed by atoms with E-state index in [4.69, 9.17) is 11.5 Å². The van der Waals surface area contributed by atoms with E-state index in [1.165, 1.54) is 18.7 Å². The molecular weight excluding hydrogens is 791 g/mol. The van der Waals surface area contributed by atoms with Crippen LogP contribution in [0.2, 0.25) is 0 Å². The van der Waals surface area contributed by atoms with Crippen LogP contribution in [0.15, 0.2) is 4.99 Å². The lowest BCUT2D eigenvalue weighted by atomic mass is 9.95. The summed E-state index contributed by atoms with van der Waals surface area (Å²) in [5.41, 5.74) is 11.0. The van der Waals surface area contributed by atoms with Crippen molar-refractivity contribution >= 4 is 53.2 Å². The number of likely N-dealkylation sites (N-methyl/N-ethyl adjacent to an activating group) is 1. The number of aliphatic imine (C=N–C) groups is 1. The minimum atomic E-state index is -1.55. The Morgan fingerprint density at radius 2 is 1.20 bits per heavy atom. The Morgan fingerprint density at radius 3 is 1.69 bits per heavy atom. The van der Waals surface area contributed by atoms with Gasteiger partial charge in [0.2, 0.25) is 47.3 Å². The van der Waals surface area contributed by atoms with Crippen molar-refractivity contribution in [1.29, 1.82) is 0 Å². The Kier molecular flexibility index (Phi) is 23.9. The minimum absolute atomic E-state index is 0.125. The van der Waals surface area contributed by atoms with Gasteiger partial charge in [0.05, 0.1) is 6.10 Å². The fourth-order valence-electron chi connectivity index (χ4n) is 6.94. The van der Waals surface area contributed by atoms with Gasteiger partial charge in [-0.25, -0.2) is 0 Å². The molecule has 1 saturated heterocycles. The van der Waals surface area contributed by atoms with Crippen molar-refractivity contribution in [1.82, 2.24) is 42.1 Å². The summed E-state index contributed by atoms with van der Waals surface area (Å²) in [6.45, 7) is 17.6. The maximum absolute atomic E-state index is 14.1. The Labute approximate surface area is 361 Å². The fourth-order valence-corrected chi connectivity index (χ4v) is 6.94. The number of rotatable bonds is 26. The van der Waals surface area contributed by atoms with Crippen LogP contribution >= 0.6 is 0 Å². The topological polar surface area (TPSA) is 309 Å². The molecule has 0 bridgehead atoms. The van der Waals surface area contributed by atoms with Crippen LogP contribution in [-0.4, -0.2) is 131 Å². The number of hydrogen-bond donors (Lipinski definition) is 10. The molecule has 0 unspecified atom stereocenters. The van der Waals surface area contributed by atoms with Crippen LogP contribution in [0.4, 0.5) is 0 Å². The molecule has 0 aromatic rings.